The quantitative estimate of drug-likeness (QED) is 0.502. The monoisotopic (exact) mass is 299 g/mol. The third-order valence-corrected chi connectivity index (χ3v) is 2.99. The number of nitrogens with one attached hydrogen (secondary N) is 1. The Bertz CT molecular complexity index is 699. The summed E-state index contributed by atoms with van der Waals surface area (Å²) in [5.41, 5.74) is 9.71. The molecule has 0 saturated heterocycles. The topological polar surface area (TPSA) is 85.9 Å². The van der Waals surface area contributed by atoms with Crippen LogP contribution in [0.25, 0.3) is 0 Å². The van der Waals surface area contributed by atoms with Crippen molar-refractivity contribution in [1.29, 1.82) is 0 Å². The van der Waals surface area contributed by atoms with Crippen LogP contribution in [0.1, 0.15) is 15.9 Å². The summed E-state index contributed by atoms with van der Waals surface area (Å²) in [6.07, 6.45) is 1.51. The van der Waals surface area contributed by atoms with E-state index in [1.54, 1.807) is 56.7 Å². The molecule has 2 rings (SSSR count). The van der Waals surface area contributed by atoms with E-state index in [-0.39, 0.29) is 5.91 Å². The third kappa shape index (κ3) is 3.54. The van der Waals surface area contributed by atoms with Gasteiger partial charge in [0, 0.05) is 5.69 Å². The summed E-state index contributed by atoms with van der Waals surface area (Å²) in [6.45, 7) is 0. The van der Waals surface area contributed by atoms with Crippen LogP contribution in [0.15, 0.2) is 47.6 Å². The number of amides is 1. The second kappa shape index (κ2) is 7.12. The third-order valence-electron chi connectivity index (χ3n) is 2.99. The number of nitrogens with two attached hydrogens (primary N) is 1. The van der Waals surface area contributed by atoms with E-state index in [4.69, 9.17) is 15.2 Å². The van der Waals surface area contributed by atoms with E-state index in [2.05, 4.69) is 10.5 Å². The number of hydrogen-bond donors (Lipinski definition) is 2. The highest BCUT2D eigenvalue weighted by atomic mass is 16.5. The Kier molecular flexibility index (Phi) is 4.98. The number of benzene rings is 2. The van der Waals surface area contributed by atoms with Gasteiger partial charge in [-0.1, -0.05) is 12.1 Å². The lowest BCUT2D eigenvalue weighted by atomic mass is 10.2. The molecule has 2 aromatic carbocycles. The molecule has 114 valence electrons. The fourth-order valence-corrected chi connectivity index (χ4v) is 1.86. The number of nitrogen functional groups attached to an aromatic ring is 1. The van der Waals surface area contributed by atoms with Gasteiger partial charge in [0.05, 0.1) is 26.0 Å². The van der Waals surface area contributed by atoms with Crippen molar-refractivity contribution in [3.63, 3.8) is 0 Å². The van der Waals surface area contributed by atoms with Gasteiger partial charge in [0.25, 0.3) is 5.91 Å². The Hall–Kier alpha value is -3.02. The van der Waals surface area contributed by atoms with Crippen molar-refractivity contribution in [3.8, 4) is 11.5 Å². The van der Waals surface area contributed by atoms with Crippen LogP contribution >= 0.6 is 0 Å². The van der Waals surface area contributed by atoms with E-state index in [1.165, 1.54) is 6.21 Å². The molecule has 6 nitrogen and oxygen atoms in total. The summed E-state index contributed by atoms with van der Waals surface area (Å²) in [7, 11) is 3.12. The molecular formula is C16H17N3O3. The van der Waals surface area contributed by atoms with Crippen LogP contribution < -0.4 is 20.6 Å². The van der Waals surface area contributed by atoms with Gasteiger partial charge >= 0.3 is 0 Å². The molecule has 0 unspecified atom stereocenters. The molecule has 1 amide bonds. The fourth-order valence-electron chi connectivity index (χ4n) is 1.86. The summed E-state index contributed by atoms with van der Waals surface area (Å²) < 4.78 is 10.4. The summed E-state index contributed by atoms with van der Waals surface area (Å²) in [4.78, 5) is 11.9. The van der Waals surface area contributed by atoms with Crippen molar-refractivity contribution in [2.45, 2.75) is 0 Å². The minimum Gasteiger partial charge on any atom is -0.493 e. The number of anilines is 1. The molecule has 3 N–H and O–H groups in total. The van der Waals surface area contributed by atoms with Gasteiger partial charge < -0.3 is 15.2 Å². The van der Waals surface area contributed by atoms with Gasteiger partial charge in [-0.25, -0.2) is 5.43 Å². The highest BCUT2D eigenvalue weighted by Crippen LogP contribution is 2.26. The fraction of sp³-hybridized carbons (Fsp3) is 0.125. The van der Waals surface area contributed by atoms with E-state index in [9.17, 15) is 4.79 Å². The van der Waals surface area contributed by atoms with Gasteiger partial charge in [-0.15, -0.1) is 0 Å². The first-order valence-electron chi connectivity index (χ1n) is 6.55. The molecule has 0 aliphatic carbocycles. The van der Waals surface area contributed by atoms with E-state index in [1.807, 2.05) is 0 Å². The van der Waals surface area contributed by atoms with Gasteiger partial charge in [0.2, 0.25) is 0 Å². The molecule has 0 aromatic heterocycles. The predicted molar refractivity (Wildman–Crippen MR) is 85.5 cm³/mol. The molecule has 0 aliphatic heterocycles. The maximum Gasteiger partial charge on any atom is 0.273 e. The maximum absolute atomic E-state index is 11.9. The number of hydrogen-bond acceptors (Lipinski definition) is 5. The zero-order chi connectivity index (χ0) is 15.9. The van der Waals surface area contributed by atoms with Gasteiger partial charge in [0.1, 0.15) is 0 Å². The van der Waals surface area contributed by atoms with Crippen molar-refractivity contribution in [3.05, 3.63) is 53.6 Å². The molecule has 0 atom stereocenters. The van der Waals surface area contributed by atoms with Gasteiger partial charge in [-0.3, -0.25) is 4.79 Å². The number of hydrazone groups is 1. The van der Waals surface area contributed by atoms with Crippen LogP contribution in [-0.4, -0.2) is 26.3 Å². The SMILES string of the molecule is COc1ccc(/C=N\NC(=O)c2ccccc2N)cc1OC. The van der Waals surface area contributed by atoms with Crippen molar-refractivity contribution in [1.82, 2.24) is 5.43 Å². The molecule has 0 saturated carbocycles. The highest BCUT2D eigenvalue weighted by Gasteiger charge is 2.07. The molecule has 22 heavy (non-hydrogen) atoms. The number of nitrogens with zero attached hydrogens (tertiary/aromatic N) is 1. The van der Waals surface area contributed by atoms with Crippen LogP contribution in [0, 0.1) is 0 Å². The lowest BCUT2D eigenvalue weighted by molar-refractivity contribution is 0.0956. The average Bonchev–Trinajstić information content (AvgIpc) is 2.55. The van der Waals surface area contributed by atoms with Gasteiger partial charge in [-0.05, 0) is 35.9 Å². The van der Waals surface area contributed by atoms with Crippen LogP contribution in [0.2, 0.25) is 0 Å². The number of para-hydroxylation sites is 1. The van der Waals surface area contributed by atoms with Crippen LogP contribution in [0.5, 0.6) is 11.5 Å². The van der Waals surface area contributed by atoms with E-state index in [0.29, 0.717) is 22.7 Å². The second-order valence-corrected chi connectivity index (χ2v) is 4.40. The van der Waals surface area contributed by atoms with Crippen LogP contribution in [0.4, 0.5) is 5.69 Å². The zero-order valence-electron chi connectivity index (χ0n) is 12.4. The smallest absolute Gasteiger partial charge is 0.273 e. The second-order valence-electron chi connectivity index (χ2n) is 4.40. The molecule has 2 aromatic rings. The number of ether oxygens (including phenoxy) is 2. The molecule has 0 heterocycles. The minimum atomic E-state index is -0.366. The van der Waals surface area contributed by atoms with E-state index >= 15 is 0 Å². The Morgan fingerprint density at radius 3 is 2.55 bits per heavy atom. The van der Waals surface area contributed by atoms with E-state index in [0.717, 1.165) is 5.56 Å². The van der Waals surface area contributed by atoms with Crippen LogP contribution in [-0.2, 0) is 0 Å². The predicted octanol–water partition coefficient (Wildman–Crippen LogP) is 2.05. The summed E-state index contributed by atoms with van der Waals surface area (Å²) in [5.74, 6) is 0.848. The Balaban J connectivity index is 2.07. The molecule has 0 aliphatic rings. The summed E-state index contributed by atoms with van der Waals surface area (Å²) in [6, 6.07) is 12.1. The molecule has 6 heteroatoms. The lowest BCUT2D eigenvalue weighted by Crippen LogP contribution is -2.19. The first-order valence-corrected chi connectivity index (χ1v) is 6.55. The molecule has 0 bridgehead atoms. The Morgan fingerprint density at radius 2 is 1.86 bits per heavy atom. The number of carbonyl (C=O) groups is 1. The number of methoxy groups -OCH3 is 2. The Labute approximate surface area is 128 Å². The standard InChI is InChI=1S/C16H17N3O3/c1-21-14-8-7-11(9-15(14)22-2)10-18-19-16(20)12-5-3-4-6-13(12)17/h3-10H,17H2,1-2H3,(H,19,20)/b18-10-. The Morgan fingerprint density at radius 1 is 1.14 bits per heavy atom. The summed E-state index contributed by atoms with van der Waals surface area (Å²) in [5, 5.41) is 3.91. The van der Waals surface area contributed by atoms with Crippen molar-refractivity contribution in [2.75, 3.05) is 20.0 Å². The highest BCUT2D eigenvalue weighted by molar-refractivity contribution is 5.99. The molecule has 0 radical (unpaired) electrons. The lowest BCUT2D eigenvalue weighted by Gasteiger charge is -2.07. The van der Waals surface area contributed by atoms with Crippen molar-refractivity contribution in [2.24, 2.45) is 5.10 Å². The first-order chi connectivity index (χ1) is 10.7. The molecular weight excluding hydrogens is 282 g/mol. The average molecular weight is 299 g/mol. The minimum absolute atomic E-state index is 0.366. The molecule has 0 fully saturated rings. The zero-order valence-corrected chi connectivity index (χ0v) is 12.4. The summed E-state index contributed by atoms with van der Waals surface area (Å²) >= 11 is 0. The number of carbonyl (C=O) groups excluding carboxylic acids is 1. The first kappa shape index (κ1) is 15.4. The maximum atomic E-state index is 11.9. The molecule has 0 spiro atoms. The largest absolute Gasteiger partial charge is 0.493 e. The normalized spacial score (nSPS) is 10.5. The van der Waals surface area contributed by atoms with Crippen molar-refractivity contribution >= 4 is 17.8 Å². The van der Waals surface area contributed by atoms with Gasteiger partial charge in [-0.2, -0.15) is 5.10 Å². The van der Waals surface area contributed by atoms with Crippen LogP contribution in [0.3, 0.4) is 0 Å². The van der Waals surface area contributed by atoms with Gasteiger partial charge in [0.15, 0.2) is 11.5 Å². The van der Waals surface area contributed by atoms with Crippen molar-refractivity contribution < 1.29 is 14.3 Å². The number of rotatable bonds is 5. The van der Waals surface area contributed by atoms with E-state index < -0.39 is 0 Å².